The van der Waals surface area contributed by atoms with Gasteiger partial charge in [0.1, 0.15) is 6.04 Å². The average Bonchev–Trinajstić information content (AvgIpc) is 2.64. The van der Waals surface area contributed by atoms with Crippen molar-refractivity contribution in [1.82, 2.24) is 15.3 Å². The summed E-state index contributed by atoms with van der Waals surface area (Å²) in [6.45, 7) is 2.88. The maximum atomic E-state index is 11.1. The number of nitrogens with two attached hydrogens (primary N) is 1. The Balaban J connectivity index is 2.52. The van der Waals surface area contributed by atoms with Gasteiger partial charge in [-0.2, -0.15) is 0 Å². The molecule has 5 nitrogen and oxygen atoms in total. The van der Waals surface area contributed by atoms with Gasteiger partial charge in [-0.1, -0.05) is 13.3 Å². The summed E-state index contributed by atoms with van der Waals surface area (Å²) in [6.07, 6.45) is 5.25. The molecule has 0 spiro atoms. The lowest BCUT2D eigenvalue weighted by Gasteiger charge is -2.12. The van der Waals surface area contributed by atoms with E-state index in [-0.39, 0.29) is 5.91 Å². The third-order valence-corrected chi connectivity index (χ3v) is 1.99. The molecule has 0 aliphatic rings. The summed E-state index contributed by atoms with van der Waals surface area (Å²) in [6, 6.07) is -0.455. The predicted octanol–water partition coefficient (Wildman–Crippen LogP) is 0.326. The topological polar surface area (TPSA) is 83.8 Å². The smallest absolute Gasteiger partial charge is 0.240 e. The van der Waals surface area contributed by atoms with Gasteiger partial charge in [0, 0.05) is 0 Å². The largest absolute Gasteiger partial charge is 0.368 e. The molecule has 0 radical (unpaired) electrons. The molecule has 0 saturated heterocycles. The van der Waals surface area contributed by atoms with Crippen molar-refractivity contribution in [3.05, 3.63) is 18.2 Å². The molecule has 0 aliphatic heterocycles. The Morgan fingerprint density at radius 3 is 3.07 bits per heavy atom. The normalized spacial score (nSPS) is 12.6. The number of nitrogens with zero attached hydrogens (tertiary/aromatic N) is 1. The van der Waals surface area contributed by atoms with Gasteiger partial charge in [0.2, 0.25) is 5.91 Å². The minimum absolute atomic E-state index is 0.384. The summed E-state index contributed by atoms with van der Waals surface area (Å²) < 4.78 is 0. The molecule has 1 amide bonds. The Morgan fingerprint density at radius 1 is 1.79 bits per heavy atom. The van der Waals surface area contributed by atoms with Gasteiger partial charge in [0.15, 0.2) is 0 Å². The van der Waals surface area contributed by atoms with Gasteiger partial charge in [0.05, 0.1) is 18.2 Å². The molecule has 0 saturated carbocycles. The first-order valence-electron chi connectivity index (χ1n) is 4.76. The molecule has 4 N–H and O–H groups in total. The zero-order valence-electron chi connectivity index (χ0n) is 8.29. The van der Waals surface area contributed by atoms with E-state index in [9.17, 15) is 4.79 Å². The van der Waals surface area contributed by atoms with Crippen LogP contribution in [0.15, 0.2) is 12.5 Å². The summed E-state index contributed by atoms with van der Waals surface area (Å²) in [5.41, 5.74) is 5.98. The maximum absolute atomic E-state index is 11.1. The molecule has 1 unspecified atom stereocenters. The van der Waals surface area contributed by atoms with Crippen molar-refractivity contribution < 1.29 is 4.79 Å². The summed E-state index contributed by atoms with van der Waals surface area (Å²) >= 11 is 0. The van der Waals surface area contributed by atoms with E-state index in [1.807, 2.05) is 0 Å². The average molecular weight is 196 g/mol. The van der Waals surface area contributed by atoms with Gasteiger partial charge < -0.3 is 16.0 Å². The van der Waals surface area contributed by atoms with E-state index in [4.69, 9.17) is 5.73 Å². The molecule has 1 heterocycles. The third-order valence-electron chi connectivity index (χ3n) is 1.99. The first kappa shape index (κ1) is 10.7. The second-order valence-electron chi connectivity index (χ2n) is 3.15. The monoisotopic (exact) mass is 196 g/mol. The number of imidazole rings is 1. The molecule has 0 bridgehead atoms. The van der Waals surface area contributed by atoms with E-state index >= 15 is 0 Å². The third kappa shape index (κ3) is 2.85. The number of hydrogen-bond donors (Lipinski definition) is 3. The Labute approximate surface area is 83.1 Å². The highest BCUT2D eigenvalue weighted by Gasteiger charge is 2.17. The number of aromatic nitrogens is 2. The van der Waals surface area contributed by atoms with Crippen LogP contribution in [0.5, 0.6) is 0 Å². The van der Waals surface area contributed by atoms with E-state index in [2.05, 4.69) is 22.2 Å². The van der Waals surface area contributed by atoms with Crippen molar-refractivity contribution in [3.8, 4) is 0 Å². The summed E-state index contributed by atoms with van der Waals surface area (Å²) in [5, 5.41) is 3.08. The SMILES string of the molecule is CCCCNC(C(N)=O)c1cnc[nH]1. The van der Waals surface area contributed by atoms with Crippen molar-refractivity contribution in [2.24, 2.45) is 5.73 Å². The fourth-order valence-corrected chi connectivity index (χ4v) is 1.21. The Hall–Kier alpha value is -1.36. The second-order valence-corrected chi connectivity index (χ2v) is 3.15. The number of carbonyl (C=O) groups excluding carboxylic acids is 1. The fraction of sp³-hybridized carbons (Fsp3) is 0.556. The Kier molecular flexibility index (Phi) is 4.12. The summed E-state index contributed by atoms with van der Waals surface area (Å²) in [7, 11) is 0. The van der Waals surface area contributed by atoms with Crippen LogP contribution in [-0.2, 0) is 4.79 Å². The quantitative estimate of drug-likeness (QED) is 0.573. The number of amides is 1. The lowest BCUT2D eigenvalue weighted by Crippen LogP contribution is -2.34. The fourth-order valence-electron chi connectivity index (χ4n) is 1.21. The van der Waals surface area contributed by atoms with Crippen molar-refractivity contribution in [2.45, 2.75) is 25.8 Å². The van der Waals surface area contributed by atoms with E-state index in [0.29, 0.717) is 5.69 Å². The lowest BCUT2D eigenvalue weighted by atomic mass is 10.2. The molecule has 14 heavy (non-hydrogen) atoms. The number of H-pyrrole nitrogens is 1. The van der Waals surface area contributed by atoms with Crippen LogP contribution >= 0.6 is 0 Å². The molecule has 78 valence electrons. The van der Waals surface area contributed by atoms with Crippen LogP contribution in [-0.4, -0.2) is 22.4 Å². The van der Waals surface area contributed by atoms with Crippen molar-refractivity contribution in [3.63, 3.8) is 0 Å². The summed E-state index contributed by atoms with van der Waals surface area (Å²) in [5.74, 6) is -0.384. The Morgan fingerprint density at radius 2 is 2.57 bits per heavy atom. The molecular formula is C9H16N4O. The summed E-state index contributed by atoms with van der Waals surface area (Å²) in [4.78, 5) is 17.8. The Bertz CT molecular complexity index is 270. The first-order valence-corrected chi connectivity index (χ1v) is 4.76. The van der Waals surface area contributed by atoms with Gasteiger partial charge in [-0.05, 0) is 13.0 Å². The van der Waals surface area contributed by atoms with Crippen molar-refractivity contribution >= 4 is 5.91 Å². The van der Waals surface area contributed by atoms with Crippen molar-refractivity contribution in [1.29, 1.82) is 0 Å². The van der Waals surface area contributed by atoms with Crippen LogP contribution in [0.3, 0.4) is 0 Å². The molecule has 1 rings (SSSR count). The zero-order valence-corrected chi connectivity index (χ0v) is 8.29. The molecule has 1 aromatic heterocycles. The molecular weight excluding hydrogens is 180 g/mol. The van der Waals surface area contributed by atoms with Gasteiger partial charge in [-0.3, -0.25) is 4.79 Å². The standard InChI is InChI=1S/C9H16N4O/c1-2-3-4-12-8(9(10)14)7-5-11-6-13-7/h5-6,8,12H,2-4H2,1H3,(H2,10,14)(H,11,13). The molecule has 0 aromatic carbocycles. The number of carbonyl (C=O) groups is 1. The van der Waals surface area contributed by atoms with Gasteiger partial charge >= 0.3 is 0 Å². The zero-order chi connectivity index (χ0) is 10.4. The van der Waals surface area contributed by atoms with E-state index < -0.39 is 6.04 Å². The van der Waals surface area contributed by atoms with E-state index in [1.54, 1.807) is 6.20 Å². The molecule has 0 aliphatic carbocycles. The van der Waals surface area contributed by atoms with Crippen LogP contribution in [0.4, 0.5) is 0 Å². The van der Waals surface area contributed by atoms with Crippen LogP contribution in [0, 0.1) is 0 Å². The highest BCUT2D eigenvalue weighted by molar-refractivity contribution is 5.80. The van der Waals surface area contributed by atoms with Gasteiger partial charge in [0.25, 0.3) is 0 Å². The first-order chi connectivity index (χ1) is 6.75. The number of hydrogen-bond acceptors (Lipinski definition) is 3. The van der Waals surface area contributed by atoms with Crippen LogP contribution in [0.2, 0.25) is 0 Å². The molecule has 1 aromatic rings. The number of unbranched alkanes of at least 4 members (excludes halogenated alkanes) is 1. The number of aromatic amines is 1. The van der Waals surface area contributed by atoms with E-state index in [0.717, 1.165) is 19.4 Å². The van der Waals surface area contributed by atoms with E-state index in [1.165, 1.54) is 6.33 Å². The van der Waals surface area contributed by atoms with Crippen molar-refractivity contribution in [2.75, 3.05) is 6.54 Å². The minimum Gasteiger partial charge on any atom is -0.368 e. The van der Waals surface area contributed by atoms with Gasteiger partial charge in [-0.15, -0.1) is 0 Å². The highest BCUT2D eigenvalue weighted by Crippen LogP contribution is 2.07. The van der Waals surface area contributed by atoms with Crippen LogP contribution < -0.4 is 11.1 Å². The predicted molar refractivity (Wildman–Crippen MR) is 53.4 cm³/mol. The number of primary amides is 1. The minimum atomic E-state index is -0.455. The van der Waals surface area contributed by atoms with Crippen LogP contribution in [0.1, 0.15) is 31.5 Å². The molecule has 1 atom stereocenters. The number of rotatable bonds is 6. The van der Waals surface area contributed by atoms with Crippen LogP contribution in [0.25, 0.3) is 0 Å². The molecule has 0 fully saturated rings. The highest BCUT2D eigenvalue weighted by atomic mass is 16.1. The lowest BCUT2D eigenvalue weighted by molar-refractivity contribution is -0.120. The van der Waals surface area contributed by atoms with Gasteiger partial charge in [-0.25, -0.2) is 4.98 Å². The molecule has 5 heteroatoms. The second kappa shape index (κ2) is 5.39. The number of nitrogens with one attached hydrogen (secondary N) is 2. The maximum Gasteiger partial charge on any atom is 0.240 e.